The molecule has 6 heteroatoms. The number of aliphatic hydroxyl groups is 1. The number of aromatic nitrogens is 1. The molecule has 0 unspecified atom stereocenters. The first-order valence-electron chi connectivity index (χ1n) is 4.04. The molecular formula is C8H12N4OS. The lowest BCUT2D eigenvalue weighted by Crippen LogP contribution is -2.34. The van der Waals surface area contributed by atoms with Gasteiger partial charge in [-0.3, -0.25) is 0 Å². The number of nitrogen functional groups attached to an aromatic ring is 1. The number of rotatable bonds is 3. The highest BCUT2D eigenvalue weighted by molar-refractivity contribution is 7.10. The normalized spacial score (nSPS) is 11.0. The molecule has 0 aliphatic carbocycles. The van der Waals surface area contributed by atoms with Crippen LogP contribution < -0.4 is 11.1 Å². The Balaban J connectivity index is 2.93. The molecule has 0 atom stereocenters. The minimum atomic E-state index is -0.482. The Morgan fingerprint density at radius 1 is 1.71 bits per heavy atom. The number of aliphatic hydroxyl groups excluding tert-OH is 1. The molecule has 0 saturated heterocycles. The number of nitrogens with two attached hydrogens (primary N) is 1. The van der Waals surface area contributed by atoms with Gasteiger partial charge in [-0.1, -0.05) is 0 Å². The van der Waals surface area contributed by atoms with Crippen molar-refractivity contribution in [3.63, 3.8) is 0 Å². The van der Waals surface area contributed by atoms with Crippen LogP contribution in [0.15, 0.2) is 0 Å². The van der Waals surface area contributed by atoms with Gasteiger partial charge in [0.15, 0.2) is 5.82 Å². The van der Waals surface area contributed by atoms with E-state index in [1.165, 1.54) is 0 Å². The number of nitrogens with zero attached hydrogens (tertiary/aromatic N) is 2. The first-order chi connectivity index (χ1) is 6.50. The summed E-state index contributed by atoms with van der Waals surface area (Å²) in [5.74, 6) is 0.230. The molecule has 0 fully saturated rings. The lowest BCUT2D eigenvalue weighted by Gasteiger charge is -2.23. The summed E-state index contributed by atoms with van der Waals surface area (Å²) in [5, 5.41) is 21.4. The van der Waals surface area contributed by atoms with Crippen LogP contribution in [0.3, 0.4) is 0 Å². The molecule has 1 aromatic rings. The van der Waals surface area contributed by atoms with Gasteiger partial charge in [-0.25, -0.2) is 0 Å². The van der Waals surface area contributed by atoms with E-state index in [2.05, 4.69) is 9.69 Å². The number of anilines is 2. The van der Waals surface area contributed by atoms with E-state index in [0.717, 1.165) is 11.5 Å². The molecule has 0 amide bonds. The van der Waals surface area contributed by atoms with Crippen LogP contribution in [0.25, 0.3) is 0 Å². The van der Waals surface area contributed by atoms with Crippen LogP contribution in [0.5, 0.6) is 0 Å². The first-order valence-corrected chi connectivity index (χ1v) is 4.82. The summed E-state index contributed by atoms with van der Waals surface area (Å²) in [6.45, 7) is 3.61. The van der Waals surface area contributed by atoms with Crippen molar-refractivity contribution in [3.8, 4) is 6.07 Å². The van der Waals surface area contributed by atoms with Crippen LogP contribution in [-0.4, -0.2) is 21.6 Å². The fourth-order valence-electron chi connectivity index (χ4n) is 0.843. The minimum absolute atomic E-state index is 0.0321. The van der Waals surface area contributed by atoms with Crippen molar-refractivity contribution in [2.45, 2.75) is 19.4 Å². The fraction of sp³-hybridized carbons (Fsp3) is 0.500. The maximum Gasteiger partial charge on any atom is 0.157 e. The quantitative estimate of drug-likeness (QED) is 0.688. The highest BCUT2D eigenvalue weighted by Gasteiger charge is 2.20. The van der Waals surface area contributed by atoms with Crippen LogP contribution in [0.4, 0.5) is 10.8 Å². The molecule has 5 nitrogen and oxygen atoms in total. The zero-order valence-corrected chi connectivity index (χ0v) is 8.85. The van der Waals surface area contributed by atoms with Crippen LogP contribution in [0.2, 0.25) is 0 Å². The molecule has 0 aliphatic heterocycles. The first kappa shape index (κ1) is 10.8. The Morgan fingerprint density at radius 3 is 2.86 bits per heavy atom. The van der Waals surface area contributed by atoms with Gasteiger partial charge in [0.25, 0.3) is 0 Å². The van der Waals surface area contributed by atoms with Crippen molar-refractivity contribution in [2.24, 2.45) is 0 Å². The van der Waals surface area contributed by atoms with Crippen LogP contribution in [0.1, 0.15) is 19.4 Å². The van der Waals surface area contributed by atoms with E-state index in [0.29, 0.717) is 10.6 Å². The Hall–Kier alpha value is -1.32. The van der Waals surface area contributed by atoms with Crippen molar-refractivity contribution in [2.75, 3.05) is 17.7 Å². The largest absolute Gasteiger partial charge is 0.394 e. The Labute approximate surface area is 86.3 Å². The maximum absolute atomic E-state index is 9.03. The average Bonchev–Trinajstić information content (AvgIpc) is 2.46. The lowest BCUT2D eigenvalue weighted by molar-refractivity contribution is 0.234. The lowest BCUT2D eigenvalue weighted by atomic mass is 10.1. The SMILES string of the molecule is CC(C)(CO)Nc1snc(N)c1C#N. The molecule has 0 radical (unpaired) electrons. The predicted molar refractivity (Wildman–Crippen MR) is 56.0 cm³/mol. The number of hydrogen-bond donors (Lipinski definition) is 3. The molecule has 1 aromatic heterocycles. The van der Waals surface area contributed by atoms with Crippen LogP contribution >= 0.6 is 11.5 Å². The van der Waals surface area contributed by atoms with Crippen molar-refractivity contribution in [3.05, 3.63) is 5.56 Å². The minimum Gasteiger partial charge on any atom is -0.394 e. The zero-order valence-electron chi connectivity index (χ0n) is 8.03. The summed E-state index contributed by atoms with van der Waals surface area (Å²) in [6, 6.07) is 1.97. The van der Waals surface area contributed by atoms with Crippen molar-refractivity contribution in [1.29, 1.82) is 5.26 Å². The van der Waals surface area contributed by atoms with Crippen LogP contribution in [0, 0.1) is 11.3 Å². The topological polar surface area (TPSA) is 95.0 Å². The zero-order chi connectivity index (χ0) is 10.8. The second-order valence-corrected chi connectivity index (χ2v) is 4.32. The third-order valence-corrected chi connectivity index (χ3v) is 2.45. The van der Waals surface area contributed by atoms with Crippen LogP contribution in [-0.2, 0) is 0 Å². The molecule has 4 N–H and O–H groups in total. The number of hydrogen-bond acceptors (Lipinski definition) is 6. The molecule has 1 heterocycles. The smallest absolute Gasteiger partial charge is 0.157 e. The summed E-state index contributed by atoms with van der Waals surface area (Å²) in [6.07, 6.45) is 0. The van der Waals surface area contributed by atoms with E-state index in [1.54, 1.807) is 0 Å². The van der Waals surface area contributed by atoms with E-state index >= 15 is 0 Å². The van der Waals surface area contributed by atoms with Gasteiger partial charge in [-0.2, -0.15) is 9.64 Å². The van der Waals surface area contributed by atoms with Gasteiger partial charge in [0, 0.05) is 0 Å². The molecule has 76 valence electrons. The summed E-state index contributed by atoms with van der Waals surface area (Å²) in [5.41, 5.74) is 5.35. The molecule has 0 aromatic carbocycles. The Bertz CT molecular complexity index is 366. The van der Waals surface area contributed by atoms with E-state index in [4.69, 9.17) is 16.1 Å². The van der Waals surface area contributed by atoms with Gasteiger partial charge in [0.2, 0.25) is 0 Å². The third kappa shape index (κ3) is 2.13. The highest BCUT2D eigenvalue weighted by Crippen LogP contribution is 2.28. The second kappa shape index (κ2) is 3.82. The van der Waals surface area contributed by atoms with E-state index in [1.807, 2.05) is 19.9 Å². The molecule has 14 heavy (non-hydrogen) atoms. The van der Waals surface area contributed by atoms with Crippen molar-refractivity contribution >= 4 is 22.4 Å². The molecule has 0 spiro atoms. The second-order valence-electron chi connectivity index (χ2n) is 3.55. The molecule has 1 rings (SSSR count). The number of nitriles is 1. The monoisotopic (exact) mass is 212 g/mol. The average molecular weight is 212 g/mol. The van der Waals surface area contributed by atoms with Gasteiger partial charge in [-0.05, 0) is 25.4 Å². The number of nitrogens with one attached hydrogen (secondary N) is 1. The summed E-state index contributed by atoms with van der Waals surface area (Å²) < 4.78 is 3.86. The van der Waals surface area contributed by atoms with Gasteiger partial charge in [-0.15, -0.1) is 0 Å². The molecule has 0 saturated carbocycles. The maximum atomic E-state index is 9.03. The van der Waals surface area contributed by atoms with Gasteiger partial charge in [0.05, 0.1) is 12.1 Å². The highest BCUT2D eigenvalue weighted by atomic mass is 32.1. The third-order valence-electron chi connectivity index (χ3n) is 1.68. The van der Waals surface area contributed by atoms with Gasteiger partial charge in [0.1, 0.15) is 16.6 Å². The van der Waals surface area contributed by atoms with Crippen molar-refractivity contribution < 1.29 is 5.11 Å². The molecule has 0 aliphatic rings. The molecular weight excluding hydrogens is 200 g/mol. The standard InChI is InChI=1S/C8H12N4OS/c1-8(2,4-13)11-7-5(3-9)6(10)12-14-7/h11,13H,4H2,1-2H3,(H2,10,12). The van der Waals surface area contributed by atoms with Crippen molar-refractivity contribution in [1.82, 2.24) is 4.37 Å². The van der Waals surface area contributed by atoms with E-state index < -0.39 is 5.54 Å². The fourth-order valence-corrected chi connectivity index (χ4v) is 1.69. The van der Waals surface area contributed by atoms with E-state index in [-0.39, 0.29) is 12.4 Å². The summed E-state index contributed by atoms with van der Waals surface area (Å²) >= 11 is 1.12. The summed E-state index contributed by atoms with van der Waals surface area (Å²) in [4.78, 5) is 0. The van der Waals surface area contributed by atoms with Gasteiger partial charge >= 0.3 is 0 Å². The Morgan fingerprint density at radius 2 is 2.36 bits per heavy atom. The van der Waals surface area contributed by atoms with E-state index in [9.17, 15) is 0 Å². The predicted octanol–water partition coefficient (Wildman–Crippen LogP) is 0.780. The molecule has 0 bridgehead atoms. The van der Waals surface area contributed by atoms with Gasteiger partial charge < -0.3 is 16.2 Å². The summed E-state index contributed by atoms with van der Waals surface area (Å²) in [7, 11) is 0. The Kier molecular flexibility index (Phi) is 2.93.